The van der Waals surface area contributed by atoms with Crippen LogP contribution in [0.3, 0.4) is 0 Å². The summed E-state index contributed by atoms with van der Waals surface area (Å²) >= 11 is 0. The molecule has 23 heavy (non-hydrogen) atoms. The molecule has 0 bridgehead atoms. The number of aromatic nitrogens is 3. The van der Waals surface area contributed by atoms with Crippen LogP contribution in [0.4, 0.5) is 13.2 Å². The summed E-state index contributed by atoms with van der Waals surface area (Å²) in [6, 6.07) is 0.159. The maximum Gasteiger partial charge on any atom is 0.408 e. The highest BCUT2D eigenvalue weighted by Gasteiger charge is 2.44. The summed E-state index contributed by atoms with van der Waals surface area (Å²) in [6.07, 6.45) is -3.42. The zero-order valence-electron chi connectivity index (χ0n) is 11.6. The van der Waals surface area contributed by atoms with Gasteiger partial charge in [0.1, 0.15) is 23.3 Å². The average molecular weight is 327 g/mol. The van der Waals surface area contributed by atoms with Crippen molar-refractivity contribution in [2.24, 2.45) is 0 Å². The molecule has 0 spiro atoms. The van der Waals surface area contributed by atoms with Gasteiger partial charge in [-0.2, -0.15) is 18.3 Å². The number of rotatable bonds is 2. The molecule has 0 aromatic carbocycles. The molecule has 122 valence electrons. The van der Waals surface area contributed by atoms with Crippen LogP contribution >= 0.6 is 0 Å². The molecule has 7 nitrogen and oxygen atoms in total. The Morgan fingerprint density at radius 1 is 1.30 bits per heavy atom. The molecule has 0 saturated carbocycles. The molecule has 3 N–H and O–H groups in total. The Balaban J connectivity index is 1.67. The number of fused-ring (bicyclic) bond motifs is 1. The quantitative estimate of drug-likeness (QED) is 0.763. The van der Waals surface area contributed by atoms with E-state index >= 15 is 0 Å². The van der Waals surface area contributed by atoms with Crippen molar-refractivity contribution in [2.75, 3.05) is 0 Å². The van der Waals surface area contributed by atoms with Crippen molar-refractivity contribution in [2.45, 2.75) is 31.1 Å². The van der Waals surface area contributed by atoms with Gasteiger partial charge in [-0.1, -0.05) is 0 Å². The van der Waals surface area contributed by atoms with Gasteiger partial charge >= 0.3 is 6.18 Å². The SMILES string of the molecule is O=C(NC1CCC(C(F)(F)F)NC1=O)c1ccc2[nH]ncc2n1. The minimum atomic E-state index is -4.49. The van der Waals surface area contributed by atoms with Crippen LogP contribution in [-0.2, 0) is 4.79 Å². The normalized spacial score (nSPS) is 22.0. The molecule has 1 fully saturated rings. The Labute approximate surface area is 127 Å². The number of hydrogen-bond donors (Lipinski definition) is 3. The number of piperidine rings is 1. The molecule has 1 saturated heterocycles. The van der Waals surface area contributed by atoms with E-state index < -0.39 is 30.1 Å². The van der Waals surface area contributed by atoms with E-state index in [1.807, 2.05) is 5.32 Å². The van der Waals surface area contributed by atoms with Gasteiger partial charge in [-0.05, 0) is 25.0 Å². The molecule has 1 aliphatic heterocycles. The van der Waals surface area contributed by atoms with Crippen molar-refractivity contribution in [3.8, 4) is 0 Å². The third kappa shape index (κ3) is 3.10. The monoisotopic (exact) mass is 327 g/mol. The lowest BCUT2D eigenvalue weighted by Crippen LogP contribution is -2.57. The second kappa shape index (κ2) is 5.52. The van der Waals surface area contributed by atoms with Crippen molar-refractivity contribution in [3.05, 3.63) is 24.0 Å². The number of nitrogens with zero attached hydrogens (tertiary/aromatic N) is 2. The van der Waals surface area contributed by atoms with Gasteiger partial charge in [0.05, 0.1) is 11.7 Å². The number of pyridine rings is 1. The zero-order valence-corrected chi connectivity index (χ0v) is 11.6. The van der Waals surface area contributed by atoms with Gasteiger partial charge in [0.25, 0.3) is 5.91 Å². The third-order valence-electron chi connectivity index (χ3n) is 3.61. The molecule has 3 rings (SSSR count). The number of aromatic amines is 1. The van der Waals surface area contributed by atoms with E-state index in [1.165, 1.54) is 12.3 Å². The first-order valence-electron chi connectivity index (χ1n) is 6.82. The second-order valence-electron chi connectivity index (χ2n) is 5.21. The maximum atomic E-state index is 12.6. The summed E-state index contributed by atoms with van der Waals surface area (Å²) in [4.78, 5) is 27.9. The van der Waals surface area contributed by atoms with Gasteiger partial charge in [-0.3, -0.25) is 14.7 Å². The molecule has 0 aliphatic carbocycles. The smallest absolute Gasteiger partial charge is 0.343 e. The standard InChI is InChI=1S/C13H12F3N5O2/c14-13(15,16)10-4-3-8(12(23)20-10)19-11(22)7-2-1-6-9(18-7)5-17-21-6/h1-2,5,8,10H,3-4H2,(H,17,21)(H,19,22)(H,20,23). The number of alkyl halides is 3. The summed E-state index contributed by atoms with van der Waals surface area (Å²) in [5.74, 6) is -1.48. The Hall–Kier alpha value is -2.65. The van der Waals surface area contributed by atoms with Crippen molar-refractivity contribution in [1.29, 1.82) is 0 Å². The minimum Gasteiger partial charge on any atom is -0.343 e. The van der Waals surface area contributed by atoms with E-state index in [-0.39, 0.29) is 18.5 Å². The lowest BCUT2D eigenvalue weighted by Gasteiger charge is -2.30. The van der Waals surface area contributed by atoms with Crippen LogP contribution in [0.2, 0.25) is 0 Å². The van der Waals surface area contributed by atoms with E-state index in [0.29, 0.717) is 11.0 Å². The first-order valence-corrected chi connectivity index (χ1v) is 6.82. The number of amides is 2. The van der Waals surface area contributed by atoms with E-state index in [9.17, 15) is 22.8 Å². The first-order chi connectivity index (χ1) is 10.8. The molecule has 1 aliphatic rings. The number of carbonyl (C=O) groups excluding carboxylic acids is 2. The zero-order chi connectivity index (χ0) is 16.6. The molecular weight excluding hydrogens is 315 g/mol. The molecular formula is C13H12F3N5O2. The molecule has 10 heteroatoms. The van der Waals surface area contributed by atoms with Gasteiger partial charge in [-0.15, -0.1) is 0 Å². The van der Waals surface area contributed by atoms with Crippen LogP contribution in [-0.4, -0.2) is 45.3 Å². The lowest BCUT2D eigenvalue weighted by molar-refractivity contribution is -0.168. The van der Waals surface area contributed by atoms with Crippen molar-refractivity contribution in [1.82, 2.24) is 25.8 Å². The van der Waals surface area contributed by atoms with E-state index in [1.54, 1.807) is 6.07 Å². The number of hydrogen-bond acceptors (Lipinski definition) is 4. The number of carbonyl (C=O) groups is 2. The highest BCUT2D eigenvalue weighted by atomic mass is 19.4. The minimum absolute atomic E-state index is 0.0599. The van der Waals surface area contributed by atoms with Gasteiger partial charge in [0.15, 0.2) is 0 Å². The number of H-pyrrole nitrogens is 1. The van der Waals surface area contributed by atoms with Crippen molar-refractivity contribution in [3.63, 3.8) is 0 Å². The van der Waals surface area contributed by atoms with Crippen molar-refractivity contribution < 1.29 is 22.8 Å². The fraction of sp³-hybridized carbons (Fsp3) is 0.385. The molecule has 2 atom stereocenters. The van der Waals surface area contributed by atoms with Gasteiger partial charge < -0.3 is 10.6 Å². The third-order valence-corrected chi connectivity index (χ3v) is 3.61. The molecule has 0 radical (unpaired) electrons. The van der Waals surface area contributed by atoms with E-state index in [4.69, 9.17) is 0 Å². The summed E-state index contributed by atoms with van der Waals surface area (Å²) in [6.45, 7) is 0. The van der Waals surface area contributed by atoms with Crippen LogP contribution in [0.25, 0.3) is 11.0 Å². The average Bonchev–Trinajstić information content (AvgIpc) is 2.95. The molecule has 2 unspecified atom stereocenters. The van der Waals surface area contributed by atoms with Crippen molar-refractivity contribution >= 4 is 22.8 Å². The molecule has 2 aromatic heterocycles. The van der Waals surface area contributed by atoms with Crippen LogP contribution < -0.4 is 10.6 Å². The number of halogens is 3. The Morgan fingerprint density at radius 3 is 2.78 bits per heavy atom. The second-order valence-corrected chi connectivity index (χ2v) is 5.21. The lowest BCUT2D eigenvalue weighted by atomic mass is 9.99. The maximum absolute atomic E-state index is 12.6. The molecule has 2 amide bonds. The Kier molecular flexibility index (Phi) is 3.66. The predicted octanol–water partition coefficient (Wildman–Crippen LogP) is 0.897. The molecule has 2 aromatic rings. The van der Waals surface area contributed by atoms with Crippen LogP contribution in [0.5, 0.6) is 0 Å². The largest absolute Gasteiger partial charge is 0.408 e. The summed E-state index contributed by atoms with van der Waals surface area (Å²) in [5.41, 5.74) is 1.18. The van der Waals surface area contributed by atoms with E-state index in [2.05, 4.69) is 20.5 Å². The van der Waals surface area contributed by atoms with Gasteiger partial charge in [0, 0.05) is 0 Å². The fourth-order valence-electron chi connectivity index (χ4n) is 2.38. The Bertz CT molecular complexity index is 757. The van der Waals surface area contributed by atoms with Crippen LogP contribution in [0, 0.1) is 0 Å². The van der Waals surface area contributed by atoms with Gasteiger partial charge in [-0.25, -0.2) is 4.98 Å². The highest BCUT2D eigenvalue weighted by Crippen LogP contribution is 2.26. The fourth-order valence-corrected chi connectivity index (χ4v) is 2.38. The van der Waals surface area contributed by atoms with Gasteiger partial charge in [0.2, 0.25) is 5.91 Å². The first kappa shape index (κ1) is 15.3. The summed E-state index contributed by atoms with van der Waals surface area (Å²) in [5, 5.41) is 10.7. The van der Waals surface area contributed by atoms with Crippen LogP contribution in [0.15, 0.2) is 18.3 Å². The summed E-state index contributed by atoms with van der Waals surface area (Å²) < 4.78 is 37.7. The number of nitrogens with one attached hydrogen (secondary N) is 3. The summed E-state index contributed by atoms with van der Waals surface area (Å²) in [7, 11) is 0. The van der Waals surface area contributed by atoms with E-state index in [0.717, 1.165) is 0 Å². The molecule has 3 heterocycles. The predicted molar refractivity (Wildman–Crippen MR) is 72.4 cm³/mol. The Morgan fingerprint density at radius 2 is 2.09 bits per heavy atom. The highest BCUT2D eigenvalue weighted by molar-refractivity contribution is 5.97. The topological polar surface area (TPSA) is 99.8 Å². The van der Waals surface area contributed by atoms with Crippen LogP contribution in [0.1, 0.15) is 23.3 Å².